The first-order valence-electron chi connectivity index (χ1n) is 9.58. The molecule has 1 aromatic heterocycles. The summed E-state index contributed by atoms with van der Waals surface area (Å²) in [5.41, 5.74) is 4.63. The number of rotatable bonds is 6. The van der Waals surface area contributed by atoms with Crippen LogP contribution in [-0.2, 0) is 11.3 Å². The number of fused-ring (bicyclic) bond motifs is 1. The molecule has 3 aromatic carbocycles. The van der Waals surface area contributed by atoms with Crippen molar-refractivity contribution in [3.8, 4) is 16.9 Å². The smallest absolute Gasteiger partial charge is 0.258 e. The van der Waals surface area contributed by atoms with Crippen molar-refractivity contribution >= 4 is 16.7 Å². The van der Waals surface area contributed by atoms with Gasteiger partial charge in [-0.25, -0.2) is 0 Å². The number of amides is 1. The van der Waals surface area contributed by atoms with E-state index >= 15 is 0 Å². The third-order valence-corrected chi connectivity index (χ3v) is 4.93. The van der Waals surface area contributed by atoms with Gasteiger partial charge >= 0.3 is 0 Å². The number of aryl methyl sites for hydroxylation is 1. The average Bonchev–Trinajstić information content (AvgIpc) is 2.77. The van der Waals surface area contributed by atoms with Crippen LogP contribution in [0, 0.1) is 6.92 Å². The van der Waals surface area contributed by atoms with Gasteiger partial charge < -0.3 is 10.1 Å². The Kier molecular flexibility index (Phi) is 5.52. The highest BCUT2D eigenvalue weighted by atomic mass is 16.5. The second-order valence-electron chi connectivity index (χ2n) is 6.89. The number of benzene rings is 3. The molecular weight excluding hydrogens is 360 g/mol. The monoisotopic (exact) mass is 382 g/mol. The minimum Gasteiger partial charge on any atom is -0.484 e. The fourth-order valence-electron chi connectivity index (χ4n) is 3.42. The van der Waals surface area contributed by atoms with Gasteiger partial charge in [0.15, 0.2) is 6.61 Å². The molecule has 1 amide bonds. The maximum atomic E-state index is 12.2. The Labute approximate surface area is 170 Å². The second-order valence-corrected chi connectivity index (χ2v) is 6.89. The summed E-state index contributed by atoms with van der Waals surface area (Å²) in [5.74, 6) is 0.522. The SMILES string of the molecule is Cc1ccccc1-c1ccc(CNC(=O)COc2ccccc2)c2cnccc12. The molecule has 0 aliphatic rings. The third kappa shape index (κ3) is 4.27. The molecule has 0 bridgehead atoms. The summed E-state index contributed by atoms with van der Waals surface area (Å²) in [7, 11) is 0. The Morgan fingerprint density at radius 2 is 1.69 bits per heavy atom. The zero-order chi connectivity index (χ0) is 20.1. The number of nitrogens with one attached hydrogen (secondary N) is 1. The van der Waals surface area contributed by atoms with E-state index in [0.29, 0.717) is 12.3 Å². The van der Waals surface area contributed by atoms with Gasteiger partial charge in [0.1, 0.15) is 5.75 Å². The Balaban J connectivity index is 1.52. The topological polar surface area (TPSA) is 51.2 Å². The van der Waals surface area contributed by atoms with Crippen LogP contribution in [0.15, 0.2) is 85.2 Å². The first-order valence-corrected chi connectivity index (χ1v) is 9.58. The molecule has 1 N–H and O–H groups in total. The molecule has 0 fully saturated rings. The lowest BCUT2D eigenvalue weighted by atomic mass is 9.94. The van der Waals surface area contributed by atoms with E-state index < -0.39 is 0 Å². The van der Waals surface area contributed by atoms with E-state index in [2.05, 4.69) is 47.6 Å². The Morgan fingerprint density at radius 1 is 0.897 bits per heavy atom. The average molecular weight is 382 g/mol. The Morgan fingerprint density at radius 3 is 2.52 bits per heavy atom. The second kappa shape index (κ2) is 8.57. The minimum atomic E-state index is -0.158. The van der Waals surface area contributed by atoms with Crippen LogP contribution in [0.2, 0.25) is 0 Å². The summed E-state index contributed by atoms with van der Waals surface area (Å²) < 4.78 is 5.51. The summed E-state index contributed by atoms with van der Waals surface area (Å²) in [4.78, 5) is 16.5. The van der Waals surface area contributed by atoms with Gasteiger partial charge in [0.05, 0.1) is 0 Å². The van der Waals surface area contributed by atoms with Crippen LogP contribution in [-0.4, -0.2) is 17.5 Å². The predicted molar refractivity (Wildman–Crippen MR) is 116 cm³/mol. The van der Waals surface area contributed by atoms with E-state index in [1.54, 1.807) is 6.20 Å². The lowest BCUT2D eigenvalue weighted by Crippen LogP contribution is -2.28. The van der Waals surface area contributed by atoms with Crippen LogP contribution in [0.1, 0.15) is 11.1 Å². The Bertz CT molecular complexity index is 1140. The zero-order valence-corrected chi connectivity index (χ0v) is 16.3. The van der Waals surface area contributed by atoms with Crippen LogP contribution in [0.5, 0.6) is 5.75 Å². The number of aromatic nitrogens is 1. The van der Waals surface area contributed by atoms with E-state index in [1.165, 1.54) is 16.7 Å². The summed E-state index contributed by atoms with van der Waals surface area (Å²) >= 11 is 0. The number of carbonyl (C=O) groups excluding carboxylic acids is 1. The molecule has 0 spiro atoms. The molecule has 144 valence electrons. The number of ether oxygens (including phenoxy) is 1. The number of nitrogens with zero attached hydrogens (tertiary/aromatic N) is 1. The van der Waals surface area contributed by atoms with Crippen molar-refractivity contribution < 1.29 is 9.53 Å². The van der Waals surface area contributed by atoms with Crippen LogP contribution in [0.3, 0.4) is 0 Å². The Hall–Kier alpha value is -3.66. The lowest BCUT2D eigenvalue weighted by Gasteiger charge is -2.14. The first-order chi connectivity index (χ1) is 14.2. The predicted octanol–water partition coefficient (Wildman–Crippen LogP) is 4.91. The van der Waals surface area contributed by atoms with Crippen molar-refractivity contribution in [2.45, 2.75) is 13.5 Å². The van der Waals surface area contributed by atoms with Crippen molar-refractivity contribution in [3.63, 3.8) is 0 Å². The van der Waals surface area contributed by atoms with Crippen molar-refractivity contribution in [1.29, 1.82) is 0 Å². The molecule has 0 saturated carbocycles. The minimum absolute atomic E-state index is 0.0124. The van der Waals surface area contributed by atoms with Gasteiger partial charge in [-0.15, -0.1) is 0 Å². The molecule has 29 heavy (non-hydrogen) atoms. The van der Waals surface area contributed by atoms with Crippen LogP contribution in [0.25, 0.3) is 21.9 Å². The van der Waals surface area contributed by atoms with Gasteiger partial charge in [-0.2, -0.15) is 0 Å². The highest BCUT2D eigenvalue weighted by Crippen LogP contribution is 2.32. The molecule has 0 saturated heterocycles. The van der Waals surface area contributed by atoms with Crippen molar-refractivity contribution in [2.75, 3.05) is 6.61 Å². The maximum Gasteiger partial charge on any atom is 0.258 e. The third-order valence-electron chi connectivity index (χ3n) is 4.93. The van der Waals surface area contributed by atoms with Gasteiger partial charge in [0.25, 0.3) is 5.91 Å². The standard InChI is InChI=1S/C25H22N2O2/c1-18-7-5-6-10-21(18)22-12-11-19(24-16-26-14-13-23(22)24)15-27-25(28)17-29-20-8-3-2-4-9-20/h2-14,16H,15,17H2,1H3,(H,27,28). The van der Waals surface area contributed by atoms with Gasteiger partial charge in [0, 0.05) is 24.3 Å². The van der Waals surface area contributed by atoms with E-state index in [9.17, 15) is 4.79 Å². The number of pyridine rings is 1. The summed E-state index contributed by atoms with van der Waals surface area (Å²) in [6.07, 6.45) is 3.67. The van der Waals surface area contributed by atoms with Crippen molar-refractivity contribution in [1.82, 2.24) is 10.3 Å². The highest BCUT2D eigenvalue weighted by Gasteiger charge is 2.11. The lowest BCUT2D eigenvalue weighted by molar-refractivity contribution is -0.123. The van der Waals surface area contributed by atoms with E-state index in [0.717, 1.165) is 16.3 Å². The molecule has 0 radical (unpaired) electrons. The quantitative estimate of drug-likeness (QED) is 0.516. The summed E-state index contributed by atoms with van der Waals surface area (Å²) in [6.45, 7) is 2.53. The summed E-state index contributed by atoms with van der Waals surface area (Å²) in [6, 6.07) is 23.9. The molecule has 4 aromatic rings. The number of hydrogen-bond donors (Lipinski definition) is 1. The van der Waals surface area contributed by atoms with Crippen molar-refractivity contribution in [2.24, 2.45) is 0 Å². The van der Waals surface area contributed by atoms with E-state index in [4.69, 9.17) is 4.74 Å². The molecule has 4 heteroatoms. The van der Waals surface area contributed by atoms with Gasteiger partial charge in [-0.05, 0) is 52.8 Å². The zero-order valence-electron chi connectivity index (χ0n) is 16.3. The number of carbonyl (C=O) groups is 1. The fourth-order valence-corrected chi connectivity index (χ4v) is 3.42. The normalized spacial score (nSPS) is 10.7. The molecule has 0 atom stereocenters. The van der Waals surface area contributed by atoms with Crippen molar-refractivity contribution in [3.05, 3.63) is 96.3 Å². The number of para-hydroxylation sites is 1. The van der Waals surface area contributed by atoms with Gasteiger partial charge in [-0.3, -0.25) is 9.78 Å². The van der Waals surface area contributed by atoms with Crippen LogP contribution < -0.4 is 10.1 Å². The molecule has 4 nitrogen and oxygen atoms in total. The van der Waals surface area contributed by atoms with Gasteiger partial charge in [-0.1, -0.05) is 54.6 Å². The molecule has 1 heterocycles. The largest absolute Gasteiger partial charge is 0.484 e. The van der Waals surface area contributed by atoms with Crippen LogP contribution in [0.4, 0.5) is 0 Å². The molecule has 0 unspecified atom stereocenters. The first kappa shape index (κ1) is 18.7. The molecule has 4 rings (SSSR count). The molecular formula is C25H22N2O2. The van der Waals surface area contributed by atoms with Crippen LogP contribution >= 0.6 is 0 Å². The highest BCUT2D eigenvalue weighted by molar-refractivity contribution is 5.98. The number of hydrogen-bond acceptors (Lipinski definition) is 3. The van der Waals surface area contributed by atoms with E-state index in [1.807, 2.05) is 48.7 Å². The fraction of sp³-hybridized carbons (Fsp3) is 0.120. The maximum absolute atomic E-state index is 12.2. The molecule has 0 aliphatic heterocycles. The van der Waals surface area contributed by atoms with Gasteiger partial charge in [0.2, 0.25) is 0 Å². The summed E-state index contributed by atoms with van der Waals surface area (Å²) in [5, 5.41) is 5.11. The van der Waals surface area contributed by atoms with E-state index in [-0.39, 0.29) is 12.5 Å². The molecule has 0 aliphatic carbocycles.